The summed E-state index contributed by atoms with van der Waals surface area (Å²) in [5, 5.41) is 0. The van der Waals surface area contributed by atoms with E-state index in [4.69, 9.17) is 4.74 Å². The zero-order valence-electron chi connectivity index (χ0n) is 19.7. The summed E-state index contributed by atoms with van der Waals surface area (Å²) in [5.74, 6) is -0.248. The van der Waals surface area contributed by atoms with Gasteiger partial charge in [-0.3, -0.25) is 0 Å². The van der Waals surface area contributed by atoms with Crippen molar-refractivity contribution in [1.82, 2.24) is 9.80 Å². The van der Waals surface area contributed by atoms with Crippen molar-refractivity contribution in [2.24, 2.45) is 0 Å². The molecule has 1 aromatic carbocycles. The van der Waals surface area contributed by atoms with E-state index in [1.807, 2.05) is 52.8 Å². The van der Waals surface area contributed by atoms with Gasteiger partial charge in [0.2, 0.25) is 0 Å². The van der Waals surface area contributed by atoms with E-state index < -0.39 is 5.60 Å². The highest BCUT2D eigenvalue weighted by Gasteiger charge is 2.27. The number of carbonyl (C=O) groups is 1. The van der Waals surface area contributed by atoms with E-state index in [1.54, 1.807) is 23.1 Å². The molecule has 0 aliphatic carbocycles. The fourth-order valence-corrected chi connectivity index (χ4v) is 3.78. The maximum absolute atomic E-state index is 14.6. The fraction of sp³-hybridized carbons (Fsp3) is 0.423. The maximum Gasteiger partial charge on any atom is 0.410 e. The minimum atomic E-state index is -0.510. The molecule has 1 saturated heterocycles. The van der Waals surface area contributed by atoms with Gasteiger partial charge in [-0.05, 0) is 58.8 Å². The van der Waals surface area contributed by atoms with Gasteiger partial charge >= 0.3 is 6.09 Å². The molecule has 2 rings (SSSR count). The molecule has 1 fully saturated rings. The lowest BCUT2D eigenvalue weighted by atomic mass is 9.90. The molecule has 0 saturated carbocycles. The number of benzene rings is 1. The molecule has 5 heteroatoms. The summed E-state index contributed by atoms with van der Waals surface area (Å²) in [4.78, 5) is 16.4. The number of halogens is 1. The Hall–Kier alpha value is -2.82. The predicted octanol–water partition coefficient (Wildman–Crippen LogP) is 6.19. The monoisotopic (exact) mass is 426 g/mol. The number of hydrogen-bond donors (Lipinski definition) is 0. The van der Waals surface area contributed by atoms with Crippen LogP contribution in [0.3, 0.4) is 0 Å². The number of carbonyl (C=O) groups excluding carboxylic acids is 1. The zero-order chi connectivity index (χ0) is 23.2. The third-order valence-electron chi connectivity index (χ3n) is 5.25. The van der Waals surface area contributed by atoms with Crippen molar-refractivity contribution in [3.05, 3.63) is 77.3 Å². The minimum Gasteiger partial charge on any atom is -0.444 e. The Morgan fingerprint density at radius 3 is 2.19 bits per heavy atom. The molecule has 1 aliphatic heterocycles. The van der Waals surface area contributed by atoms with Crippen molar-refractivity contribution in [3.63, 3.8) is 0 Å². The van der Waals surface area contributed by atoms with E-state index >= 15 is 0 Å². The molecule has 0 aromatic heterocycles. The van der Waals surface area contributed by atoms with Crippen LogP contribution in [0.2, 0.25) is 0 Å². The lowest BCUT2D eigenvalue weighted by molar-refractivity contribution is 0.0168. The molecule has 1 amide bonds. The second kappa shape index (κ2) is 10.5. The standard InChI is InChI=1S/C26H35FN2O2/c1-8-12-19(3)24(21(9-2)22-13-10-11-14-23(22)27)20(4)28-15-17-29(18-16-28)25(30)31-26(5,6)7/h8-14H,1,15-18H2,2-7H3/b19-12-,21-9-,24-20-. The van der Waals surface area contributed by atoms with Gasteiger partial charge in [-0.2, -0.15) is 0 Å². The SMILES string of the molecule is C=C\C=C(C)/C(=C(\C)N1CCN(C(=O)OC(C)(C)C)CC1)C(=C\C)/c1ccccc1F. The van der Waals surface area contributed by atoms with E-state index in [1.165, 1.54) is 6.07 Å². The third-order valence-corrected chi connectivity index (χ3v) is 5.25. The van der Waals surface area contributed by atoms with Crippen molar-refractivity contribution in [3.8, 4) is 0 Å². The topological polar surface area (TPSA) is 32.8 Å². The molecule has 31 heavy (non-hydrogen) atoms. The van der Waals surface area contributed by atoms with Gasteiger partial charge in [-0.15, -0.1) is 0 Å². The van der Waals surface area contributed by atoms with E-state index in [-0.39, 0.29) is 11.9 Å². The van der Waals surface area contributed by atoms with E-state index in [9.17, 15) is 9.18 Å². The molecule has 0 spiro atoms. The summed E-state index contributed by atoms with van der Waals surface area (Å²) in [6, 6.07) is 6.84. The molecule has 0 bridgehead atoms. The van der Waals surface area contributed by atoms with Gasteiger partial charge < -0.3 is 14.5 Å². The van der Waals surface area contributed by atoms with Crippen LogP contribution in [0.4, 0.5) is 9.18 Å². The normalized spacial score (nSPS) is 16.7. The molecular weight excluding hydrogens is 391 g/mol. The average molecular weight is 427 g/mol. The number of piperazine rings is 1. The Kier molecular flexibility index (Phi) is 8.26. The first-order chi connectivity index (χ1) is 14.6. The molecule has 4 nitrogen and oxygen atoms in total. The Bertz CT molecular complexity index is 898. The summed E-state index contributed by atoms with van der Waals surface area (Å²) >= 11 is 0. The van der Waals surface area contributed by atoms with Gasteiger partial charge in [0, 0.05) is 43.0 Å². The van der Waals surface area contributed by atoms with Crippen LogP contribution in [0, 0.1) is 5.82 Å². The summed E-state index contributed by atoms with van der Waals surface area (Å²) < 4.78 is 20.1. The van der Waals surface area contributed by atoms with Crippen molar-refractivity contribution in [2.75, 3.05) is 26.2 Å². The van der Waals surface area contributed by atoms with Crippen LogP contribution in [0.15, 0.2) is 65.9 Å². The van der Waals surface area contributed by atoms with Crippen molar-refractivity contribution in [2.45, 2.75) is 47.1 Å². The highest BCUT2D eigenvalue weighted by molar-refractivity contribution is 5.84. The first kappa shape index (κ1) is 24.4. The summed E-state index contributed by atoms with van der Waals surface area (Å²) in [6.45, 7) is 18.0. The molecule has 1 aliphatic rings. The highest BCUT2D eigenvalue weighted by Crippen LogP contribution is 2.34. The second-order valence-electron chi connectivity index (χ2n) is 8.68. The van der Waals surface area contributed by atoms with Gasteiger partial charge in [0.25, 0.3) is 0 Å². The van der Waals surface area contributed by atoms with Gasteiger partial charge in [0.05, 0.1) is 0 Å². The second-order valence-corrected chi connectivity index (χ2v) is 8.68. The molecule has 0 radical (unpaired) electrons. The van der Waals surface area contributed by atoms with Crippen LogP contribution < -0.4 is 0 Å². The quantitative estimate of drug-likeness (QED) is 0.527. The molecule has 0 unspecified atom stereocenters. The number of allylic oxidation sites excluding steroid dienone is 7. The van der Waals surface area contributed by atoms with Gasteiger partial charge in [0.15, 0.2) is 0 Å². The lowest BCUT2D eigenvalue weighted by Crippen LogP contribution is -2.49. The summed E-state index contributed by atoms with van der Waals surface area (Å²) in [5.41, 5.74) is 3.96. The number of nitrogens with zero attached hydrogens (tertiary/aromatic N) is 2. The van der Waals surface area contributed by atoms with E-state index in [0.29, 0.717) is 31.7 Å². The van der Waals surface area contributed by atoms with Crippen LogP contribution in [-0.2, 0) is 4.74 Å². The number of ether oxygens (including phenoxy) is 1. The van der Waals surface area contributed by atoms with Gasteiger partial charge in [-0.25, -0.2) is 9.18 Å². The number of amides is 1. The van der Waals surface area contributed by atoms with E-state index in [2.05, 4.69) is 18.4 Å². The predicted molar refractivity (Wildman–Crippen MR) is 126 cm³/mol. The molecule has 1 aromatic rings. The Balaban J connectivity index is 2.35. The van der Waals surface area contributed by atoms with Crippen LogP contribution in [0.5, 0.6) is 0 Å². The lowest BCUT2D eigenvalue weighted by Gasteiger charge is -2.38. The van der Waals surface area contributed by atoms with Crippen molar-refractivity contribution < 1.29 is 13.9 Å². The summed E-state index contributed by atoms with van der Waals surface area (Å²) in [7, 11) is 0. The molecule has 0 N–H and O–H groups in total. The van der Waals surface area contributed by atoms with Crippen molar-refractivity contribution in [1.29, 1.82) is 0 Å². The van der Waals surface area contributed by atoms with Crippen LogP contribution in [0.25, 0.3) is 5.57 Å². The van der Waals surface area contributed by atoms with Crippen LogP contribution in [-0.4, -0.2) is 47.7 Å². The largest absolute Gasteiger partial charge is 0.444 e. The first-order valence-corrected chi connectivity index (χ1v) is 10.7. The third kappa shape index (κ3) is 6.33. The number of hydrogen-bond acceptors (Lipinski definition) is 3. The molecule has 1 heterocycles. The Morgan fingerprint density at radius 1 is 1.10 bits per heavy atom. The Morgan fingerprint density at radius 2 is 1.68 bits per heavy atom. The van der Waals surface area contributed by atoms with Crippen LogP contribution >= 0.6 is 0 Å². The maximum atomic E-state index is 14.6. The minimum absolute atomic E-state index is 0.248. The molecule has 168 valence electrons. The molecule has 0 atom stereocenters. The van der Waals surface area contributed by atoms with Gasteiger partial charge in [-0.1, -0.05) is 43.0 Å². The van der Waals surface area contributed by atoms with E-state index in [0.717, 1.165) is 22.4 Å². The number of rotatable bonds is 5. The zero-order valence-corrected chi connectivity index (χ0v) is 19.7. The highest BCUT2D eigenvalue weighted by atomic mass is 19.1. The summed E-state index contributed by atoms with van der Waals surface area (Å²) in [6.07, 6.45) is 5.36. The smallest absolute Gasteiger partial charge is 0.410 e. The average Bonchev–Trinajstić information content (AvgIpc) is 2.71. The van der Waals surface area contributed by atoms with Gasteiger partial charge in [0.1, 0.15) is 11.4 Å². The van der Waals surface area contributed by atoms with Crippen LogP contribution in [0.1, 0.15) is 47.1 Å². The first-order valence-electron chi connectivity index (χ1n) is 10.7. The Labute approximate surface area is 186 Å². The molecular formula is C26H35FN2O2. The van der Waals surface area contributed by atoms with Crippen molar-refractivity contribution >= 4 is 11.7 Å². The fourth-order valence-electron chi connectivity index (χ4n) is 3.78.